The number of rotatable bonds is 4. The van der Waals surface area contributed by atoms with Crippen molar-refractivity contribution in [1.29, 1.82) is 0 Å². The number of hydrogen-bond donors (Lipinski definition) is 1. The van der Waals surface area contributed by atoms with E-state index in [1.807, 2.05) is 35.0 Å². The van der Waals surface area contributed by atoms with Crippen LogP contribution in [0.2, 0.25) is 0 Å². The number of amides is 1. The van der Waals surface area contributed by atoms with Crippen LogP contribution in [0.4, 0.5) is 0 Å². The molecular weight excluding hydrogens is 302 g/mol. The summed E-state index contributed by atoms with van der Waals surface area (Å²) in [5, 5.41) is 2.84. The number of imidazole rings is 1. The van der Waals surface area contributed by atoms with Crippen LogP contribution >= 0.6 is 0 Å². The number of nitrogens with zero attached hydrogens (tertiary/aromatic N) is 2. The maximum Gasteiger partial charge on any atom is 0.224 e. The molecule has 22 heavy (non-hydrogen) atoms. The number of hydrogen-bond acceptors (Lipinski definition) is 4. The van der Waals surface area contributed by atoms with Gasteiger partial charge in [0, 0.05) is 18.9 Å². The van der Waals surface area contributed by atoms with Crippen molar-refractivity contribution in [3.63, 3.8) is 0 Å². The van der Waals surface area contributed by atoms with Crippen molar-refractivity contribution in [2.75, 3.05) is 11.5 Å². The van der Waals surface area contributed by atoms with Gasteiger partial charge in [0.05, 0.1) is 29.4 Å². The lowest BCUT2D eigenvalue weighted by molar-refractivity contribution is -0.124. The van der Waals surface area contributed by atoms with Crippen LogP contribution < -0.4 is 5.32 Å². The normalized spacial score (nSPS) is 19.9. The Balaban J connectivity index is 1.69. The highest BCUT2D eigenvalue weighted by atomic mass is 32.2. The molecule has 7 heteroatoms. The van der Waals surface area contributed by atoms with Crippen molar-refractivity contribution in [3.05, 3.63) is 48.5 Å². The molecule has 1 aliphatic heterocycles. The second-order valence-electron chi connectivity index (χ2n) is 5.42. The van der Waals surface area contributed by atoms with Crippen molar-refractivity contribution in [2.24, 2.45) is 5.92 Å². The van der Waals surface area contributed by atoms with E-state index in [4.69, 9.17) is 0 Å². The maximum atomic E-state index is 12.1. The van der Waals surface area contributed by atoms with Crippen LogP contribution in [0.15, 0.2) is 43.0 Å². The number of sulfone groups is 1. The summed E-state index contributed by atoms with van der Waals surface area (Å²) in [7, 11) is -3.04. The van der Waals surface area contributed by atoms with E-state index in [1.165, 1.54) is 0 Å². The molecule has 0 saturated carbocycles. The highest BCUT2D eigenvalue weighted by molar-refractivity contribution is 7.91. The Morgan fingerprint density at radius 2 is 2.18 bits per heavy atom. The summed E-state index contributed by atoms with van der Waals surface area (Å²) in [6.07, 6.45) is 5.64. The number of benzene rings is 1. The molecule has 116 valence electrons. The molecule has 1 atom stereocenters. The van der Waals surface area contributed by atoms with E-state index >= 15 is 0 Å². The van der Waals surface area contributed by atoms with Gasteiger partial charge in [-0.15, -0.1) is 0 Å². The van der Waals surface area contributed by atoms with Crippen LogP contribution in [0.3, 0.4) is 0 Å². The summed E-state index contributed by atoms with van der Waals surface area (Å²) >= 11 is 0. The third-order valence-corrected chi connectivity index (χ3v) is 5.60. The van der Waals surface area contributed by atoms with E-state index in [1.54, 1.807) is 12.5 Å². The predicted octanol–water partition coefficient (Wildman–Crippen LogP) is 0.923. The molecule has 0 spiro atoms. The maximum absolute atomic E-state index is 12.1. The van der Waals surface area contributed by atoms with Gasteiger partial charge >= 0.3 is 0 Å². The number of aromatic nitrogens is 2. The fourth-order valence-corrected chi connectivity index (χ4v) is 4.38. The molecule has 2 aromatic rings. The lowest BCUT2D eigenvalue weighted by Gasteiger charge is -2.13. The third kappa shape index (κ3) is 3.19. The van der Waals surface area contributed by atoms with Gasteiger partial charge in [-0.2, -0.15) is 0 Å². The second kappa shape index (κ2) is 5.92. The number of para-hydroxylation sites is 1. The first-order chi connectivity index (χ1) is 10.6. The molecule has 1 unspecified atom stereocenters. The minimum atomic E-state index is -3.04. The summed E-state index contributed by atoms with van der Waals surface area (Å²) in [6.45, 7) is 0.365. The second-order valence-corrected chi connectivity index (χ2v) is 7.65. The number of carbonyl (C=O) groups is 1. The molecule has 0 radical (unpaired) electrons. The average Bonchev–Trinajstić information content (AvgIpc) is 3.14. The molecule has 1 saturated heterocycles. The minimum Gasteiger partial charge on any atom is -0.352 e. The van der Waals surface area contributed by atoms with E-state index in [2.05, 4.69) is 10.3 Å². The van der Waals surface area contributed by atoms with Gasteiger partial charge in [-0.3, -0.25) is 4.79 Å². The summed E-state index contributed by atoms with van der Waals surface area (Å²) in [4.78, 5) is 16.1. The number of carbonyl (C=O) groups excluding carboxylic acids is 1. The fraction of sp³-hybridized carbons (Fsp3) is 0.333. The Morgan fingerprint density at radius 3 is 2.86 bits per heavy atom. The zero-order chi connectivity index (χ0) is 15.6. The Hall–Kier alpha value is -2.15. The lowest BCUT2D eigenvalue weighted by Crippen LogP contribution is -2.31. The largest absolute Gasteiger partial charge is 0.352 e. The topological polar surface area (TPSA) is 81.1 Å². The summed E-state index contributed by atoms with van der Waals surface area (Å²) in [5.41, 5.74) is 1.90. The lowest BCUT2D eigenvalue weighted by atomic mass is 10.1. The SMILES string of the molecule is O=C(NCc1ccccc1-n1ccnc1)C1CCS(=O)(=O)C1. The minimum absolute atomic E-state index is 0.0397. The average molecular weight is 319 g/mol. The van der Waals surface area contributed by atoms with E-state index in [0.717, 1.165) is 11.3 Å². The highest BCUT2D eigenvalue weighted by Gasteiger charge is 2.32. The Labute approximate surface area is 129 Å². The molecule has 1 aliphatic rings. The first-order valence-corrected chi connectivity index (χ1v) is 8.92. The van der Waals surface area contributed by atoms with Crippen molar-refractivity contribution < 1.29 is 13.2 Å². The summed E-state index contributed by atoms with van der Waals surface area (Å²) < 4.78 is 24.8. The van der Waals surface area contributed by atoms with Gasteiger partial charge in [0.2, 0.25) is 5.91 Å². The van der Waals surface area contributed by atoms with Crippen LogP contribution in [-0.4, -0.2) is 35.4 Å². The molecule has 1 N–H and O–H groups in total. The van der Waals surface area contributed by atoms with Gasteiger partial charge in [-0.1, -0.05) is 18.2 Å². The highest BCUT2D eigenvalue weighted by Crippen LogP contribution is 2.19. The molecule has 0 bridgehead atoms. The molecule has 1 amide bonds. The van der Waals surface area contributed by atoms with Crippen molar-refractivity contribution >= 4 is 15.7 Å². The Bertz CT molecular complexity index is 769. The molecule has 1 aromatic heterocycles. The van der Waals surface area contributed by atoms with E-state index in [9.17, 15) is 13.2 Å². The zero-order valence-corrected chi connectivity index (χ0v) is 12.8. The Kier molecular flexibility index (Phi) is 3.98. The molecular formula is C15H17N3O3S. The van der Waals surface area contributed by atoms with Crippen molar-refractivity contribution in [1.82, 2.24) is 14.9 Å². The van der Waals surface area contributed by atoms with Crippen LogP contribution in [0.5, 0.6) is 0 Å². The Morgan fingerprint density at radius 1 is 1.36 bits per heavy atom. The first-order valence-electron chi connectivity index (χ1n) is 7.09. The van der Waals surface area contributed by atoms with Gasteiger partial charge < -0.3 is 9.88 Å². The van der Waals surface area contributed by atoms with Gasteiger partial charge in [0.25, 0.3) is 0 Å². The zero-order valence-electron chi connectivity index (χ0n) is 12.0. The van der Waals surface area contributed by atoms with Crippen LogP contribution in [0.25, 0.3) is 5.69 Å². The molecule has 0 aliphatic carbocycles. The quantitative estimate of drug-likeness (QED) is 0.909. The standard InChI is InChI=1S/C15H17N3O3S/c19-15(13-5-8-22(20,21)10-13)17-9-12-3-1-2-4-14(12)18-7-6-16-11-18/h1-4,6-7,11,13H,5,8-10H2,(H,17,19). The third-order valence-electron chi connectivity index (χ3n) is 3.83. The summed E-state index contributed by atoms with van der Waals surface area (Å²) in [6, 6.07) is 7.70. The van der Waals surface area contributed by atoms with Gasteiger partial charge in [0.1, 0.15) is 0 Å². The van der Waals surface area contributed by atoms with Gasteiger partial charge in [-0.25, -0.2) is 13.4 Å². The predicted molar refractivity (Wildman–Crippen MR) is 82.2 cm³/mol. The number of nitrogens with one attached hydrogen (secondary N) is 1. The van der Waals surface area contributed by atoms with Crippen LogP contribution in [0, 0.1) is 5.92 Å². The van der Waals surface area contributed by atoms with E-state index < -0.39 is 15.8 Å². The van der Waals surface area contributed by atoms with Crippen molar-refractivity contribution in [3.8, 4) is 5.69 Å². The fourth-order valence-electron chi connectivity index (χ4n) is 2.64. The monoisotopic (exact) mass is 319 g/mol. The van der Waals surface area contributed by atoms with Gasteiger partial charge in [0.15, 0.2) is 9.84 Å². The van der Waals surface area contributed by atoms with E-state index in [0.29, 0.717) is 13.0 Å². The van der Waals surface area contributed by atoms with Crippen LogP contribution in [0.1, 0.15) is 12.0 Å². The smallest absolute Gasteiger partial charge is 0.224 e. The first kappa shape index (κ1) is 14.8. The van der Waals surface area contributed by atoms with E-state index in [-0.39, 0.29) is 17.4 Å². The molecule has 2 heterocycles. The van der Waals surface area contributed by atoms with Gasteiger partial charge in [-0.05, 0) is 18.1 Å². The molecule has 1 aromatic carbocycles. The molecule has 6 nitrogen and oxygen atoms in total. The molecule has 1 fully saturated rings. The van der Waals surface area contributed by atoms with Crippen molar-refractivity contribution in [2.45, 2.75) is 13.0 Å². The summed E-state index contributed by atoms with van der Waals surface area (Å²) in [5.74, 6) is -0.550. The molecule has 3 rings (SSSR count). The van der Waals surface area contributed by atoms with Crippen LogP contribution in [-0.2, 0) is 21.2 Å².